The number of rotatable bonds is 3. The molecule has 1 saturated carbocycles. The highest BCUT2D eigenvalue weighted by atomic mass is 16.2. The van der Waals surface area contributed by atoms with Gasteiger partial charge in [0.05, 0.1) is 0 Å². The number of carbonyl (C=O) groups is 2. The lowest BCUT2D eigenvalue weighted by Crippen LogP contribution is -2.37. The molecule has 0 atom stereocenters. The summed E-state index contributed by atoms with van der Waals surface area (Å²) in [5.41, 5.74) is 1.50. The Labute approximate surface area is 144 Å². The van der Waals surface area contributed by atoms with Crippen LogP contribution in [-0.2, 0) is 4.79 Å². The molecule has 1 aromatic carbocycles. The average Bonchev–Trinajstić information content (AvgIpc) is 2.63. The Bertz CT molecular complexity index is 568. The van der Waals surface area contributed by atoms with E-state index in [4.69, 9.17) is 0 Å². The summed E-state index contributed by atoms with van der Waals surface area (Å²) in [4.78, 5) is 26.7. The molecule has 1 aromatic rings. The summed E-state index contributed by atoms with van der Waals surface area (Å²) in [6.45, 7) is 3.94. The SMILES string of the molecule is CC1CCN(C(=O)c2ccc(NC(=O)C3CCCCC3)cc2)CC1. The lowest BCUT2D eigenvalue weighted by molar-refractivity contribution is -0.120. The minimum absolute atomic E-state index is 0.104. The summed E-state index contributed by atoms with van der Waals surface area (Å²) < 4.78 is 0. The van der Waals surface area contributed by atoms with Crippen molar-refractivity contribution in [2.45, 2.75) is 51.9 Å². The smallest absolute Gasteiger partial charge is 0.253 e. The summed E-state index contributed by atoms with van der Waals surface area (Å²) >= 11 is 0. The Kier molecular flexibility index (Phi) is 5.54. The Balaban J connectivity index is 1.56. The molecule has 2 fully saturated rings. The topological polar surface area (TPSA) is 49.4 Å². The van der Waals surface area contributed by atoms with E-state index in [2.05, 4.69) is 12.2 Å². The predicted molar refractivity (Wildman–Crippen MR) is 95.9 cm³/mol. The van der Waals surface area contributed by atoms with Crippen LogP contribution >= 0.6 is 0 Å². The maximum atomic E-state index is 12.5. The van der Waals surface area contributed by atoms with Gasteiger partial charge in [-0.05, 0) is 55.9 Å². The zero-order valence-corrected chi connectivity index (χ0v) is 14.6. The third-order valence-electron chi connectivity index (χ3n) is 5.45. The first-order chi connectivity index (χ1) is 11.6. The standard InChI is InChI=1S/C20H28N2O2/c1-15-11-13-22(14-12-15)20(24)17-7-9-18(10-8-17)21-19(23)16-5-3-2-4-6-16/h7-10,15-16H,2-6,11-14H2,1H3,(H,21,23). The van der Waals surface area contributed by atoms with Gasteiger partial charge in [0.2, 0.25) is 5.91 Å². The van der Waals surface area contributed by atoms with Crippen LogP contribution in [0.15, 0.2) is 24.3 Å². The number of hydrogen-bond donors (Lipinski definition) is 1. The monoisotopic (exact) mass is 328 g/mol. The van der Waals surface area contributed by atoms with Crippen molar-refractivity contribution in [1.82, 2.24) is 4.90 Å². The van der Waals surface area contributed by atoms with Crippen molar-refractivity contribution in [3.63, 3.8) is 0 Å². The molecule has 0 spiro atoms. The maximum Gasteiger partial charge on any atom is 0.253 e. The van der Waals surface area contributed by atoms with Gasteiger partial charge < -0.3 is 10.2 Å². The normalized spacial score (nSPS) is 20.0. The number of benzene rings is 1. The summed E-state index contributed by atoms with van der Waals surface area (Å²) in [5, 5.41) is 3.00. The van der Waals surface area contributed by atoms with Crippen LogP contribution in [0.3, 0.4) is 0 Å². The highest BCUT2D eigenvalue weighted by Gasteiger charge is 2.22. The molecule has 24 heavy (non-hydrogen) atoms. The molecule has 1 aliphatic carbocycles. The molecule has 130 valence electrons. The van der Waals surface area contributed by atoms with Crippen molar-refractivity contribution >= 4 is 17.5 Å². The summed E-state index contributed by atoms with van der Waals surface area (Å²) in [6.07, 6.45) is 7.71. The van der Waals surface area contributed by atoms with Crippen molar-refractivity contribution in [2.75, 3.05) is 18.4 Å². The zero-order valence-electron chi connectivity index (χ0n) is 14.6. The summed E-state index contributed by atoms with van der Waals surface area (Å²) in [6, 6.07) is 7.36. The van der Waals surface area contributed by atoms with E-state index < -0.39 is 0 Å². The Morgan fingerprint density at radius 3 is 2.21 bits per heavy atom. The number of likely N-dealkylation sites (tertiary alicyclic amines) is 1. The number of piperidine rings is 1. The molecule has 1 N–H and O–H groups in total. The number of carbonyl (C=O) groups excluding carboxylic acids is 2. The van der Waals surface area contributed by atoms with Gasteiger partial charge in [-0.25, -0.2) is 0 Å². The third-order valence-corrected chi connectivity index (χ3v) is 5.45. The second kappa shape index (κ2) is 7.82. The molecule has 0 unspecified atom stereocenters. The Hall–Kier alpha value is -1.84. The number of nitrogens with one attached hydrogen (secondary N) is 1. The van der Waals surface area contributed by atoms with Crippen molar-refractivity contribution in [3.8, 4) is 0 Å². The van der Waals surface area contributed by atoms with E-state index in [1.54, 1.807) is 0 Å². The molecule has 3 rings (SSSR count). The van der Waals surface area contributed by atoms with Gasteiger partial charge in [-0.15, -0.1) is 0 Å². The second-order valence-corrected chi connectivity index (χ2v) is 7.38. The maximum absolute atomic E-state index is 12.5. The molecule has 1 aliphatic heterocycles. The lowest BCUT2D eigenvalue weighted by atomic mass is 9.88. The van der Waals surface area contributed by atoms with Crippen LogP contribution in [0.2, 0.25) is 0 Å². The molecule has 1 heterocycles. The van der Waals surface area contributed by atoms with Gasteiger partial charge in [-0.2, -0.15) is 0 Å². The molecule has 0 bridgehead atoms. The molecule has 4 nitrogen and oxygen atoms in total. The van der Waals surface area contributed by atoms with E-state index in [9.17, 15) is 9.59 Å². The van der Waals surface area contributed by atoms with Gasteiger partial charge in [0, 0.05) is 30.3 Å². The van der Waals surface area contributed by atoms with Gasteiger partial charge in [-0.3, -0.25) is 9.59 Å². The van der Waals surface area contributed by atoms with Crippen LogP contribution in [0, 0.1) is 11.8 Å². The van der Waals surface area contributed by atoms with Crippen molar-refractivity contribution in [1.29, 1.82) is 0 Å². The van der Waals surface area contributed by atoms with Gasteiger partial charge >= 0.3 is 0 Å². The second-order valence-electron chi connectivity index (χ2n) is 7.38. The van der Waals surface area contributed by atoms with Crippen LogP contribution in [-0.4, -0.2) is 29.8 Å². The van der Waals surface area contributed by atoms with Gasteiger partial charge in [0.1, 0.15) is 0 Å². The Morgan fingerprint density at radius 1 is 0.958 bits per heavy atom. The van der Waals surface area contributed by atoms with Crippen LogP contribution in [0.4, 0.5) is 5.69 Å². The third kappa shape index (κ3) is 4.16. The number of hydrogen-bond acceptors (Lipinski definition) is 2. The van der Waals surface area contributed by atoms with Crippen molar-refractivity contribution < 1.29 is 9.59 Å². The number of anilines is 1. The van der Waals surface area contributed by atoms with Crippen molar-refractivity contribution in [3.05, 3.63) is 29.8 Å². The first-order valence-corrected chi connectivity index (χ1v) is 9.33. The first kappa shape index (κ1) is 17.0. The van der Waals surface area contributed by atoms with Gasteiger partial charge in [0.25, 0.3) is 5.91 Å². The van der Waals surface area contributed by atoms with Gasteiger partial charge in [0.15, 0.2) is 0 Å². The highest BCUT2D eigenvalue weighted by Crippen LogP contribution is 2.25. The molecule has 0 aromatic heterocycles. The van der Waals surface area contributed by atoms with E-state index in [0.717, 1.165) is 57.3 Å². The fourth-order valence-corrected chi connectivity index (χ4v) is 3.70. The highest BCUT2D eigenvalue weighted by molar-refractivity contribution is 5.96. The lowest BCUT2D eigenvalue weighted by Gasteiger charge is -2.30. The van der Waals surface area contributed by atoms with E-state index in [0.29, 0.717) is 11.5 Å². The van der Waals surface area contributed by atoms with E-state index in [-0.39, 0.29) is 17.7 Å². The van der Waals surface area contributed by atoms with E-state index in [1.165, 1.54) is 6.42 Å². The average molecular weight is 328 g/mol. The molecule has 4 heteroatoms. The zero-order chi connectivity index (χ0) is 16.9. The fourth-order valence-electron chi connectivity index (χ4n) is 3.70. The summed E-state index contributed by atoms with van der Waals surface area (Å²) in [5.74, 6) is 1.09. The molecule has 2 amide bonds. The molecular formula is C20H28N2O2. The quantitative estimate of drug-likeness (QED) is 0.909. The Morgan fingerprint density at radius 2 is 1.58 bits per heavy atom. The van der Waals surface area contributed by atoms with E-state index >= 15 is 0 Å². The van der Waals surface area contributed by atoms with Crippen LogP contribution in [0.1, 0.15) is 62.2 Å². The number of nitrogens with zero attached hydrogens (tertiary/aromatic N) is 1. The molecular weight excluding hydrogens is 300 g/mol. The largest absolute Gasteiger partial charge is 0.339 e. The van der Waals surface area contributed by atoms with E-state index in [1.807, 2.05) is 29.2 Å². The first-order valence-electron chi connectivity index (χ1n) is 9.33. The molecule has 1 saturated heterocycles. The molecule has 0 radical (unpaired) electrons. The number of amides is 2. The van der Waals surface area contributed by atoms with Gasteiger partial charge in [-0.1, -0.05) is 26.2 Å². The van der Waals surface area contributed by atoms with Crippen LogP contribution < -0.4 is 5.32 Å². The van der Waals surface area contributed by atoms with Crippen LogP contribution in [0.5, 0.6) is 0 Å². The van der Waals surface area contributed by atoms with Crippen molar-refractivity contribution in [2.24, 2.45) is 11.8 Å². The predicted octanol–water partition coefficient (Wildman–Crippen LogP) is 4.08. The fraction of sp³-hybridized carbons (Fsp3) is 0.600. The van der Waals surface area contributed by atoms with Crippen LogP contribution in [0.25, 0.3) is 0 Å². The summed E-state index contributed by atoms with van der Waals surface area (Å²) in [7, 11) is 0. The minimum Gasteiger partial charge on any atom is -0.339 e. The minimum atomic E-state index is 0.104. The molecule has 2 aliphatic rings.